The minimum atomic E-state index is 0.404. The van der Waals surface area contributed by atoms with Gasteiger partial charge in [0.1, 0.15) is 5.17 Å². The van der Waals surface area contributed by atoms with E-state index in [1.165, 1.54) is 0 Å². The zero-order valence-electron chi connectivity index (χ0n) is 7.02. The van der Waals surface area contributed by atoms with Crippen molar-refractivity contribution in [3.05, 3.63) is 24.0 Å². The van der Waals surface area contributed by atoms with E-state index in [0.717, 1.165) is 5.76 Å². The van der Waals surface area contributed by atoms with Crippen LogP contribution in [0.25, 0.3) is 0 Å². The van der Waals surface area contributed by atoms with Crippen LogP contribution in [0.15, 0.2) is 29.0 Å². The Kier molecular flexibility index (Phi) is 4.62. The second-order valence-electron chi connectivity index (χ2n) is 2.00. The number of allylic oxidation sites excluding steroid dienone is 3. The minimum absolute atomic E-state index is 0.404. The van der Waals surface area contributed by atoms with Gasteiger partial charge in [0.25, 0.3) is 0 Å². The molecule has 0 aliphatic rings. The van der Waals surface area contributed by atoms with Gasteiger partial charge < -0.3 is 4.74 Å². The number of nitrogens with zero attached hydrogens (tertiary/aromatic N) is 1. The smallest absolute Gasteiger partial charge is 0.130 e. The molecule has 2 nitrogen and oxygen atoms in total. The molecule has 0 aliphatic carbocycles. The average molecular weight is 174 g/mol. The third-order valence-corrected chi connectivity index (χ3v) is 1.57. The predicted molar refractivity (Wildman–Crippen MR) is 49.1 cm³/mol. The van der Waals surface area contributed by atoms with Gasteiger partial charge in [0.2, 0.25) is 0 Å². The highest BCUT2D eigenvalue weighted by atomic mass is 35.5. The fourth-order valence-corrected chi connectivity index (χ4v) is 0.562. The van der Waals surface area contributed by atoms with Gasteiger partial charge in [-0.25, -0.2) is 0 Å². The zero-order chi connectivity index (χ0) is 8.85. The average Bonchev–Trinajstić information content (AvgIpc) is 2.02. The molecule has 62 valence electrons. The molecule has 0 rings (SSSR count). The SMILES string of the molecule is C=C(/C=C(\C)OC)C(Cl)=NC. The summed E-state index contributed by atoms with van der Waals surface area (Å²) in [5.74, 6) is 0.761. The lowest BCUT2D eigenvalue weighted by Gasteiger charge is -1.99. The van der Waals surface area contributed by atoms with Crippen LogP contribution >= 0.6 is 11.6 Å². The zero-order valence-corrected chi connectivity index (χ0v) is 7.77. The monoisotopic (exact) mass is 173 g/mol. The Morgan fingerprint density at radius 3 is 2.55 bits per heavy atom. The second kappa shape index (κ2) is 4.97. The quantitative estimate of drug-likeness (QED) is 0.365. The number of halogens is 1. The van der Waals surface area contributed by atoms with Crippen LogP contribution < -0.4 is 0 Å². The summed E-state index contributed by atoms with van der Waals surface area (Å²) in [5, 5.41) is 0.404. The van der Waals surface area contributed by atoms with Gasteiger partial charge in [0.15, 0.2) is 0 Å². The lowest BCUT2D eigenvalue weighted by Crippen LogP contribution is -1.90. The molecule has 0 saturated carbocycles. The maximum atomic E-state index is 5.67. The van der Waals surface area contributed by atoms with Gasteiger partial charge in [-0.2, -0.15) is 0 Å². The fraction of sp³-hybridized carbons (Fsp3) is 0.375. The van der Waals surface area contributed by atoms with E-state index in [4.69, 9.17) is 16.3 Å². The molecule has 3 heteroatoms. The van der Waals surface area contributed by atoms with Crippen molar-refractivity contribution in [1.29, 1.82) is 0 Å². The Morgan fingerprint density at radius 2 is 2.18 bits per heavy atom. The highest BCUT2D eigenvalue weighted by Gasteiger charge is 1.96. The van der Waals surface area contributed by atoms with Gasteiger partial charge >= 0.3 is 0 Å². The molecule has 0 aromatic carbocycles. The maximum absolute atomic E-state index is 5.67. The molecule has 0 heterocycles. The summed E-state index contributed by atoms with van der Waals surface area (Å²) in [6.45, 7) is 5.52. The summed E-state index contributed by atoms with van der Waals surface area (Å²) < 4.78 is 4.90. The molecule has 0 spiro atoms. The molecule has 0 aromatic heterocycles. The molecule has 0 atom stereocenters. The Labute approximate surface area is 72.2 Å². The lowest BCUT2D eigenvalue weighted by atomic mass is 10.3. The number of methoxy groups -OCH3 is 1. The van der Waals surface area contributed by atoms with Crippen molar-refractivity contribution in [1.82, 2.24) is 0 Å². The van der Waals surface area contributed by atoms with Crippen LogP contribution in [0.5, 0.6) is 0 Å². The Bertz CT molecular complexity index is 206. The van der Waals surface area contributed by atoms with Crippen molar-refractivity contribution in [2.24, 2.45) is 4.99 Å². The van der Waals surface area contributed by atoms with E-state index in [1.54, 1.807) is 20.2 Å². The standard InChI is InChI=1S/C8H12ClNO/c1-6(8(9)10-3)5-7(2)11-4/h5H,1H2,2-4H3/b7-5+,10-8?. The Hall–Kier alpha value is -0.760. The van der Waals surface area contributed by atoms with Crippen LogP contribution in [-0.2, 0) is 4.74 Å². The van der Waals surface area contributed by atoms with Crippen molar-refractivity contribution in [3.8, 4) is 0 Å². The fourth-order valence-electron chi connectivity index (χ4n) is 0.507. The summed E-state index contributed by atoms with van der Waals surface area (Å²) >= 11 is 5.67. The molecule has 0 radical (unpaired) electrons. The number of rotatable bonds is 3. The molecule has 0 saturated heterocycles. The summed E-state index contributed by atoms with van der Waals surface area (Å²) in [6.07, 6.45) is 1.73. The molecule has 0 aromatic rings. The summed E-state index contributed by atoms with van der Waals surface area (Å²) in [5.41, 5.74) is 0.661. The molecule has 11 heavy (non-hydrogen) atoms. The second-order valence-corrected chi connectivity index (χ2v) is 2.36. The molecular formula is C8H12ClNO. The van der Waals surface area contributed by atoms with Gasteiger partial charge in [0, 0.05) is 12.6 Å². The van der Waals surface area contributed by atoms with E-state index in [-0.39, 0.29) is 0 Å². The molecule has 0 unspecified atom stereocenters. The highest BCUT2D eigenvalue weighted by Crippen LogP contribution is 2.05. The minimum Gasteiger partial charge on any atom is -0.501 e. The molecule has 0 amide bonds. The van der Waals surface area contributed by atoms with Crippen LogP contribution in [-0.4, -0.2) is 19.3 Å². The largest absolute Gasteiger partial charge is 0.501 e. The van der Waals surface area contributed by atoms with E-state index >= 15 is 0 Å². The van der Waals surface area contributed by atoms with Crippen LogP contribution in [0.1, 0.15) is 6.92 Å². The summed E-state index contributed by atoms with van der Waals surface area (Å²) in [4.78, 5) is 3.76. The van der Waals surface area contributed by atoms with Crippen LogP contribution in [0.4, 0.5) is 0 Å². The van der Waals surface area contributed by atoms with Gasteiger partial charge in [-0.15, -0.1) is 0 Å². The first-order valence-corrected chi connectivity index (χ1v) is 3.53. The van der Waals surface area contributed by atoms with Crippen LogP contribution in [0, 0.1) is 0 Å². The number of hydrogen-bond donors (Lipinski definition) is 0. The Morgan fingerprint density at radius 1 is 1.64 bits per heavy atom. The number of ether oxygens (including phenoxy) is 1. The molecule has 0 N–H and O–H groups in total. The molecule has 0 bridgehead atoms. The van der Waals surface area contributed by atoms with E-state index < -0.39 is 0 Å². The van der Waals surface area contributed by atoms with Crippen molar-refractivity contribution >= 4 is 16.8 Å². The lowest BCUT2D eigenvalue weighted by molar-refractivity contribution is 0.293. The van der Waals surface area contributed by atoms with Gasteiger partial charge in [0.05, 0.1) is 12.9 Å². The van der Waals surface area contributed by atoms with Crippen molar-refractivity contribution in [2.75, 3.05) is 14.2 Å². The van der Waals surface area contributed by atoms with Crippen LogP contribution in [0.3, 0.4) is 0 Å². The first-order chi connectivity index (χ1) is 5.11. The normalized spacial score (nSPS) is 13.1. The predicted octanol–water partition coefficient (Wildman–Crippen LogP) is 2.36. The summed E-state index contributed by atoms with van der Waals surface area (Å²) in [6, 6.07) is 0. The van der Waals surface area contributed by atoms with Crippen molar-refractivity contribution < 1.29 is 4.74 Å². The number of hydrogen-bond acceptors (Lipinski definition) is 2. The summed E-state index contributed by atoms with van der Waals surface area (Å²) in [7, 11) is 3.21. The third-order valence-electron chi connectivity index (χ3n) is 1.16. The van der Waals surface area contributed by atoms with E-state index in [1.807, 2.05) is 6.92 Å². The highest BCUT2D eigenvalue weighted by molar-refractivity contribution is 6.69. The van der Waals surface area contributed by atoms with Gasteiger partial charge in [-0.05, 0) is 13.0 Å². The van der Waals surface area contributed by atoms with E-state index in [0.29, 0.717) is 10.7 Å². The van der Waals surface area contributed by atoms with Gasteiger partial charge in [-0.3, -0.25) is 4.99 Å². The topological polar surface area (TPSA) is 21.6 Å². The van der Waals surface area contributed by atoms with E-state index in [9.17, 15) is 0 Å². The van der Waals surface area contributed by atoms with Gasteiger partial charge in [-0.1, -0.05) is 18.2 Å². The Balaban J connectivity index is 4.29. The molecule has 0 fully saturated rings. The van der Waals surface area contributed by atoms with E-state index in [2.05, 4.69) is 11.6 Å². The first kappa shape index (κ1) is 10.2. The van der Waals surface area contributed by atoms with Crippen molar-refractivity contribution in [2.45, 2.75) is 6.92 Å². The molecular weight excluding hydrogens is 162 g/mol. The maximum Gasteiger partial charge on any atom is 0.130 e. The van der Waals surface area contributed by atoms with Crippen LogP contribution in [0.2, 0.25) is 0 Å². The first-order valence-electron chi connectivity index (χ1n) is 3.15. The van der Waals surface area contributed by atoms with Crippen molar-refractivity contribution in [3.63, 3.8) is 0 Å². The number of aliphatic imine (C=N–C) groups is 1. The third kappa shape index (κ3) is 3.83. The molecule has 0 aliphatic heterocycles.